The van der Waals surface area contributed by atoms with Gasteiger partial charge in [0.2, 0.25) is 0 Å². The molecule has 10 N–H and O–H groups in total. The fraction of sp³-hybridized carbons (Fsp3) is 0.415. The Morgan fingerprint density at radius 2 is 0.624 bits per heavy atom. The van der Waals surface area contributed by atoms with Crippen molar-refractivity contribution >= 4 is 232 Å². The predicted molar refractivity (Wildman–Crippen MR) is 565 cm³/mol. The number of anilines is 5. The van der Waals surface area contributed by atoms with Crippen molar-refractivity contribution in [1.29, 1.82) is 0 Å². The molecular formula is C94H102Cl10N30O2S5. The molecule has 0 radical (unpaired) electrons. The van der Waals surface area contributed by atoms with Crippen molar-refractivity contribution in [2.24, 2.45) is 50.3 Å². The molecule has 0 bridgehead atoms. The first kappa shape index (κ1) is 102. The maximum Gasteiger partial charge on any atom is 0.190 e. The van der Waals surface area contributed by atoms with Crippen LogP contribution >= 0.6 is 175 Å². The highest BCUT2D eigenvalue weighted by Crippen LogP contribution is 2.50. The first-order valence-corrected chi connectivity index (χ1v) is 54.2. The molecule has 141 heavy (non-hydrogen) atoms. The summed E-state index contributed by atoms with van der Waals surface area (Å²) in [5.41, 5.74) is 35.5. The van der Waals surface area contributed by atoms with Crippen LogP contribution in [0.15, 0.2) is 203 Å². The monoisotopic (exact) mass is 2190 g/mol. The summed E-state index contributed by atoms with van der Waals surface area (Å²) in [5.74, 6) is 4.71. The first-order chi connectivity index (χ1) is 68.1. The Morgan fingerprint density at radius 1 is 0.348 bits per heavy atom. The van der Waals surface area contributed by atoms with E-state index in [4.69, 9.17) is 159 Å². The number of hydrogen-bond acceptors (Lipinski definition) is 32. The van der Waals surface area contributed by atoms with Gasteiger partial charge in [0.25, 0.3) is 0 Å². The minimum atomic E-state index is -0.107. The number of aromatic nitrogens is 20. The van der Waals surface area contributed by atoms with Gasteiger partial charge in [-0.1, -0.05) is 218 Å². The molecule has 10 aromatic heterocycles. The van der Waals surface area contributed by atoms with Crippen LogP contribution in [-0.2, 0) is 9.47 Å². The molecule has 15 aromatic rings. The predicted octanol–water partition coefficient (Wildman–Crippen LogP) is 20.2. The Kier molecular flexibility index (Phi) is 31.6. The molecular weight excluding hydrogens is 2100 g/mol. The molecule has 4 atom stereocenters. The summed E-state index contributed by atoms with van der Waals surface area (Å²) in [4.78, 5) is 61.1. The lowest BCUT2D eigenvalue weighted by molar-refractivity contribution is 0.0973. The zero-order valence-corrected chi connectivity index (χ0v) is 88.7. The van der Waals surface area contributed by atoms with Crippen molar-refractivity contribution in [3.05, 3.63) is 204 Å². The number of rotatable bonds is 16. The third kappa shape index (κ3) is 21.6. The number of nitrogens with zero attached hydrogens (tertiary/aromatic N) is 25. The van der Waals surface area contributed by atoms with Crippen LogP contribution in [0.25, 0.3) is 28.2 Å². The molecule has 4 unspecified atom stereocenters. The second-order valence-electron chi connectivity index (χ2n) is 37.2. The zero-order chi connectivity index (χ0) is 98.2. The van der Waals surface area contributed by atoms with Crippen molar-refractivity contribution in [2.75, 3.05) is 116 Å². The molecule has 7 aliphatic heterocycles. The summed E-state index contributed by atoms with van der Waals surface area (Å²) in [6, 6.07) is 28.3. The lowest BCUT2D eigenvalue weighted by Crippen LogP contribution is -2.51. The van der Waals surface area contributed by atoms with Crippen LogP contribution < -0.4 is 53.2 Å². The Labute approximate surface area is 885 Å². The van der Waals surface area contributed by atoms with Crippen LogP contribution in [-0.4, -0.2) is 219 Å². The number of piperidine rings is 5. The average molecular weight is 2200 g/mol. The van der Waals surface area contributed by atoms with Crippen molar-refractivity contribution in [2.45, 2.75) is 184 Å². The fourth-order valence-electron chi connectivity index (χ4n) is 19.4. The van der Waals surface area contributed by atoms with Gasteiger partial charge < -0.3 is 62.6 Å². The first-order valence-electron chi connectivity index (χ1n) is 46.3. The van der Waals surface area contributed by atoms with Gasteiger partial charge in [-0.3, -0.25) is 0 Å². The summed E-state index contributed by atoms with van der Waals surface area (Å²) in [7, 11) is 0. The standard InChI is InChI=1S/C20H22Cl2N6OS.C20H22Cl2N6S.C19H20Cl2N6OS.C18H20Cl2N6S.C17H18Cl2N6S/c1-12-17(23)20(10-29-12)5-7-27(8-6-20)15-9-24-19(18-25-11-26-28(15)18)30-14-4-2-3-13(21)16(14)22;21-13-3-1-4-14(17(13)22)29-19-18-25-12-26-28(18)16(11-24-19)27-9-7-20(8-10-27)6-2-5-15(20)23;20-12-2-1-3-13(16(12)21)29-18-17-24-11-25-27(17)15(8-23-18)26-6-4-19(5-7-26)10-28-9-14(19)22;1-18(10-21)5-7-25(8-6-18)14-9-22-17(16-23-11-24-26(14)16)27-13-4-2-3-12(19)15(13)20;1-17(20)5-7-24(8-6-17)13-9-21-16(15-22-10-23-25(13)15)26-12-4-2-3-11(18)14(12)19/h2-4,9,11-12,17H,5-8,10,23H2,1H3;1,3-4,11-12,15H,2,5-10,23H2;1-3,8,11,14H,4-7,9-10,22H2;2-4,9,11H,5-8,10,21H2,1H3;2-4,9-10H,5-8,20H2,1H3. The highest BCUT2D eigenvalue weighted by atomic mass is 35.5. The van der Waals surface area contributed by atoms with Gasteiger partial charge in [0.05, 0.1) is 107 Å². The molecule has 8 aliphatic rings. The average Bonchev–Trinajstić information content (AvgIpc) is 1.67. The van der Waals surface area contributed by atoms with Crippen LogP contribution in [0.3, 0.4) is 0 Å². The molecule has 32 nitrogen and oxygen atoms in total. The van der Waals surface area contributed by atoms with Gasteiger partial charge in [-0.05, 0) is 169 Å². The van der Waals surface area contributed by atoms with Crippen LogP contribution in [0.1, 0.15) is 104 Å². The van der Waals surface area contributed by atoms with Gasteiger partial charge in [0.1, 0.15) is 56.8 Å². The Bertz CT molecular complexity index is 6840. The number of ether oxygens (including phenoxy) is 2. The molecule has 740 valence electrons. The minimum absolute atomic E-state index is 0.0734. The molecule has 1 aliphatic carbocycles. The van der Waals surface area contributed by atoms with Gasteiger partial charge in [-0.2, -0.15) is 48.1 Å². The van der Waals surface area contributed by atoms with Crippen LogP contribution in [0, 0.1) is 21.7 Å². The summed E-state index contributed by atoms with van der Waals surface area (Å²) in [6.45, 7) is 18.4. The highest BCUT2D eigenvalue weighted by molar-refractivity contribution is 8.00. The normalized spacial score (nSPS) is 20.1. The van der Waals surface area contributed by atoms with E-state index >= 15 is 0 Å². The van der Waals surface area contributed by atoms with Crippen molar-refractivity contribution < 1.29 is 9.47 Å². The molecule has 8 fully saturated rings. The summed E-state index contributed by atoms with van der Waals surface area (Å²) >= 11 is 69.5. The molecule has 23 rings (SSSR count). The Morgan fingerprint density at radius 3 is 0.879 bits per heavy atom. The van der Waals surface area contributed by atoms with Crippen LogP contribution in [0.4, 0.5) is 29.1 Å². The Hall–Kier alpha value is -7.78. The highest BCUT2D eigenvalue weighted by Gasteiger charge is 2.49. The number of nitrogens with two attached hydrogens (primary N) is 5. The molecule has 0 amide bonds. The number of hydrogen-bond donors (Lipinski definition) is 5. The Balaban J connectivity index is 0.000000112. The van der Waals surface area contributed by atoms with Crippen molar-refractivity contribution in [3.8, 4) is 0 Å². The topological polar surface area (TPSA) is 380 Å². The van der Waals surface area contributed by atoms with E-state index in [-0.39, 0.29) is 40.0 Å². The second kappa shape index (κ2) is 43.7. The van der Waals surface area contributed by atoms with E-state index in [1.165, 1.54) is 71.7 Å². The number of halogens is 10. The van der Waals surface area contributed by atoms with E-state index in [0.717, 1.165) is 234 Å². The number of benzene rings is 5. The van der Waals surface area contributed by atoms with Gasteiger partial charge in [-0.25, -0.2) is 49.8 Å². The molecule has 5 aromatic carbocycles. The molecule has 1 saturated carbocycles. The number of fused-ring (bicyclic) bond motifs is 5. The van der Waals surface area contributed by atoms with E-state index in [0.29, 0.717) is 97.4 Å². The van der Waals surface area contributed by atoms with Gasteiger partial charge in [0.15, 0.2) is 57.3 Å². The van der Waals surface area contributed by atoms with Gasteiger partial charge in [0, 0.05) is 124 Å². The second-order valence-corrected chi connectivity index (χ2v) is 46.3. The van der Waals surface area contributed by atoms with E-state index in [1.54, 1.807) is 62.0 Å². The van der Waals surface area contributed by atoms with Crippen LogP contribution in [0.5, 0.6) is 0 Å². The SMILES string of the molecule is CC1(CN)CCN(c2cnc(Sc3cccc(Cl)c3Cl)c3ncnn23)CC1.CC1(N)CCN(c2cnc(Sc3cccc(Cl)c3Cl)c3ncnn23)CC1.CC1OCC2(CCN(c3cnc(Sc4cccc(Cl)c4Cl)c4ncnn34)CC2)C1N.NC1CCCC12CCN(c1cnc(Sc3cccc(Cl)c3Cl)c3ncnn13)CC2.NC1COCC12CCN(c1cnc(Sc3cccc(Cl)c3Cl)c3ncnn13)CC2. The van der Waals surface area contributed by atoms with Gasteiger partial charge in [-0.15, -0.1) is 0 Å². The minimum Gasteiger partial charge on any atom is -0.379 e. The fourth-order valence-corrected chi connectivity index (χ4v) is 26.2. The molecule has 7 saturated heterocycles. The summed E-state index contributed by atoms with van der Waals surface area (Å²) < 4.78 is 20.7. The third-order valence-electron chi connectivity index (χ3n) is 28.4. The summed E-state index contributed by atoms with van der Waals surface area (Å²) in [6.07, 6.45) is 31.0. The third-order valence-corrected chi connectivity index (χ3v) is 38.3. The van der Waals surface area contributed by atoms with E-state index < -0.39 is 0 Å². The van der Waals surface area contributed by atoms with Crippen molar-refractivity contribution in [3.63, 3.8) is 0 Å². The summed E-state index contributed by atoms with van der Waals surface area (Å²) in [5, 5.41) is 31.0. The largest absolute Gasteiger partial charge is 0.379 e. The maximum atomic E-state index is 6.46. The lowest BCUT2D eigenvalue weighted by Gasteiger charge is -2.42. The maximum absolute atomic E-state index is 6.46. The van der Waals surface area contributed by atoms with Crippen molar-refractivity contribution in [1.82, 2.24) is 97.9 Å². The van der Waals surface area contributed by atoms with E-state index in [1.807, 2.05) is 114 Å². The van der Waals surface area contributed by atoms with Crippen LogP contribution in [0.2, 0.25) is 50.2 Å². The molecule has 17 heterocycles. The van der Waals surface area contributed by atoms with Gasteiger partial charge >= 0.3 is 0 Å². The smallest absolute Gasteiger partial charge is 0.190 e. The van der Waals surface area contributed by atoms with E-state index in [2.05, 4.69) is 116 Å². The molecule has 3 spiro atoms. The molecule has 47 heteroatoms. The zero-order valence-electron chi connectivity index (χ0n) is 77.0. The lowest BCUT2D eigenvalue weighted by atomic mass is 9.73. The van der Waals surface area contributed by atoms with E-state index in [9.17, 15) is 0 Å². The quantitative estimate of drug-likeness (QED) is 0.0600.